The summed E-state index contributed by atoms with van der Waals surface area (Å²) < 4.78 is 5.32. The summed E-state index contributed by atoms with van der Waals surface area (Å²) in [6.45, 7) is 7.15. The minimum absolute atomic E-state index is 0.0793. The maximum Gasteiger partial charge on any atom is 0.257 e. The molecule has 138 valence electrons. The Labute approximate surface area is 159 Å². The molecule has 0 unspecified atom stereocenters. The van der Waals surface area contributed by atoms with Crippen molar-refractivity contribution in [2.24, 2.45) is 0 Å². The quantitative estimate of drug-likeness (QED) is 0.836. The van der Waals surface area contributed by atoms with E-state index in [1.165, 1.54) is 23.9 Å². The predicted molar refractivity (Wildman–Crippen MR) is 106 cm³/mol. The minimum Gasteiger partial charge on any atom is -0.496 e. The number of amides is 1. The highest BCUT2D eigenvalue weighted by Crippen LogP contribution is 2.30. The van der Waals surface area contributed by atoms with E-state index in [1.807, 2.05) is 4.90 Å². The molecule has 1 heterocycles. The molecule has 0 saturated carbocycles. The minimum atomic E-state index is -0.0793. The van der Waals surface area contributed by atoms with Gasteiger partial charge in [-0.05, 0) is 37.1 Å². The Morgan fingerprint density at radius 3 is 2.50 bits per heavy atom. The van der Waals surface area contributed by atoms with Crippen LogP contribution in [-0.2, 0) is 0 Å². The number of nitrogens with zero attached hydrogens (tertiary/aromatic N) is 2. The maximum atomic E-state index is 12.9. The zero-order valence-corrected chi connectivity index (χ0v) is 16.1. The number of ether oxygens (including phenoxy) is 1. The molecule has 1 amide bonds. The van der Waals surface area contributed by atoms with Crippen LogP contribution in [0, 0.1) is 13.8 Å². The summed E-state index contributed by atoms with van der Waals surface area (Å²) in [7, 11) is 1.53. The molecule has 0 spiro atoms. The first kappa shape index (κ1) is 18.4. The fraction of sp³-hybridized carbons (Fsp3) is 0.350. The van der Waals surface area contributed by atoms with Crippen molar-refractivity contribution >= 4 is 28.9 Å². The number of piperazine rings is 1. The second-order valence-electron chi connectivity index (χ2n) is 6.57. The van der Waals surface area contributed by atoms with Crippen LogP contribution < -0.4 is 15.4 Å². The summed E-state index contributed by atoms with van der Waals surface area (Å²) in [6.07, 6.45) is 0. The zero-order valence-electron chi connectivity index (χ0n) is 15.4. The molecule has 3 rings (SSSR count). The number of benzene rings is 2. The van der Waals surface area contributed by atoms with Crippen LogP contribution in [0.5, 0.6) is 5.75 Å². The van der Waals surface area contributed by atoms with E-state index in [9.17, 15) is 4.79 Å². The second-order valence-corrected chi connectivity index (χ2v) is 6.98. The van der Waals surface area contributed by atoms with E-state index in [-0.39, 0.29) is 5.91 Å². The normalized spacial score (nSPS) is 14.5. The van der Waals surface area contributed by atoms with Crippen LogP contribution >= 0.6 is 11.6 Å². The van der Waals surface area contributed by atoms with Crippen LogP contribution in [0.4, 0.5) is 11.4 Å². The molecule has 5 nitrogen and oxygen atoms in total. The van der Waals surface area contributed by atoms with Crippen molar-refractivity contribution in [3.8, 4) is 5.75 Å². The lowest BCUT2D eigenvalue weighted by atomic mass is 10.1. The summed E-state index contributed by atoms with van der Waals surface area (Å²) >= 11 is 6.10. The average Bonchev–Trinajstić information content (AvgIpc) is 2.65. The van der Waals surface area contributed by atoms with E-state index < -0.39 is 0 Å². The first-order valence-electron chi connectivity index (χ1n) is 8.65. The first-order valence-corrected chi connectivity index (χ1v) is 9.03. The highest BCUT2D eigenvalue weighted by Gasteiger charge is 2.25. The number of rotatable bonds is 3. The van der Waals surface area contributed by atoms with Crippen LogP contribution in [0.25, 0.3) is 0 Å². The first-order chi connectivity index (χ1) is 12.4. The van der Waals surface area contributed by atoms with Gasteiger partial charge in [0.15, 0.2) is 0 Å². The van der Waals surface area contributed by atoms with Crippen LogP contribution in [-0.4, -0.2) is 44.1 Å². The van der Waals surface area contributed by atoms with Crippen molar-refractivity contribution in [2.75, 3.05) is 43.9 Å². The molecule has 0 aromatic heterocycles. The van der Waals surface area contributed by atoms with E-state index in [0.29, 0.717) is 35.1 Å². The van der Waals surface area contributed by atoms with Gasteiger partial charge in [0.25, 0.3) is 5.91 Å². The molecular weight excluding hydrogens is 350 g/mol. The van der Waals surface area contributed by atoms with Crippen molar-refractivity contribution < 1.29 is 9.53 Å². The van der Waals surface area contributed by atoms with Crippen LogP contribution in [0.3, 0.4) is 0 Å². The number of hydrogen-bond acceptors (Lipinski definition) is 4. The van der Waals surface area contributed by atoms with Crippen molar-refractivity contribution in [3.63, 3.8) is 0 Å². The van der Waals surface area contributed by atoms with Crippen molar-refractivity contribution in [1.82, 2.24) is 4.90 Å². The van der Waals surface area contributed by atoms with Crippen molar-refractivity contribution in [3.05, 3.63) is 52.0 Å². The molecule has 6 heteroatoms. The Kier molecular flexibility index (Phi) is 5.28. The Morgan fingerprint density at radius 1 is 1.15 bits per heavy atom. The Bertz CT molecular complexity index is 830. The third kappa shape index (κ3) is 3.44. The smallest absolute Gasteiger partial charge is 0.257 e. The summed E-state index contributed by atoms with van der Waals surface area (Å²) in [5.41, 5.74) is 10.5. The van der Waals surface area contributed by atoms with Gasteiger partial charge in [-0.2, -0.15) is 0 Å². The number of aryl methyl sites for hydroxylation is 1. The van der Waals surface area contributed by atoms with Gasteiger partial charge in [0.05, 0.1) is 23.4 Å². The fourth-order valence-electron chi connectivity index (χ4n) is 3.30. The highest BCUT2D eigenvalue weighted by atomic mass is 35.5. The van der Waals surface area contributed by atoms with Crippen LogP contribution in [0.15, 0.2) is 30.3 Å². The van der Waals surface area contributed by atoms with Crippen molar-refractivity contribution in [1.29, 1.82) is 0 Å². The summed E-state index contributed by atoms with van der Waals surface area (Å²) in [5, 5.41) is 0.364. The number of halogens is 1. The molecule has 2 aromatic carbocycles. The van der Waals surface area contributed by atoms with Gasteiger partial charge in [0, 0.05) is 37.9 Å². The third-order valence-electron chi connectivity index (χ3n) is 5.03. The monoisotopic (exact) mass is 373 g/mol. The lowest BCUT2D eigenvalue weighted by Gasteiger charge is -2.37. The molecule has 26 heavy (non-hydrogen) atoms. The molecule has 1 aliphatic rings. The molecule has 0 radical (unpaired) electrons. The molecule has 0 bridgehead atoms. The highest BCUT2D eigenvalue weighted by molar-refractivity contribution is 6.33. The summed E-state index contributed by atoms with van der Waals surface area (Å²) in [6, 6.07) is 9.53. The number of carbonyl (C=O) groups is 1. The van der Waals surface area contributed by atoms with E-state index in [4.69, 9.17) is 22.1 Å². The summed E-state index contributed by atoms with van der Waals surface area (Å²) in [4.78, 5) is 17.1. The number of methoxy groups -OCH3 is 1. The van der Waals surface area contributed by atoms with Gasteiger partial charge in [0.1, 0.15) is 5.75 Å². The van der Waals surface area contributed by atoms with Gasteiger partial charge in [-0.1, -0.05) is 23.7 Å². The van der Waals surface area contributed by atoms with Crippen LogP contribution in [0.2, 0.25) is 5.02 Å². The standard InChI is InChI=1S/C20H24ClN3O2/c1-13-5-4-6-18(14(13)2)23-7-9-24(10-8-23)20(25)15-11-16(21)17(22)12-19(15)26-3/h4-6,11-12H,7-10,22H2,1-3H3. The molecule has 1 aliphatic heterocycles. The molecule has 0 atom stereocenters. The predicted octanol–water partition coefficient (Wildman–Crippen LogP) is 3.51. The van der Waals surface area contributed by atoms with Crippen LogP contribution in [0.1, 0.15) is 21.5 Å². The van der Waals surface area contributed by atoms with Gasteiger partial charge in [-0.25, -0.2) is 0 Å². The number of hydrogen-bond donors (Lipinski definition) is 1. The molecular formula is C20H24ClN3O2. The second kappa shape index (κ2) is 7.46. The van der Waals surface area contributed by atoms with E-state index in [2.05, 4.69) is 36.9 Å². The van der Waals surface area contributed by atoms with E-state index in [1.54, 1.807) is 12.1 Å². The lowest BCUT2D eigenvalue weighted by Crippen LogP contribution is -2.49. The average molecular weight is 374 g/mol. The number of nitrogen functional groups attached to an aromatic ring is 1. The topological polar surface area (TPSA) is 58.8 Å². The van der Waals surface area contributed by atoms with Gasteiger partial charge >= 0.3 is 0 Å². The number of nitrogens with two attached hydrogens (primary N) is 1. The summed E-state index contributed by atoms with van der Waals surface area (Å²) in [5.74, 6) is 0.373. The van der Waals surface area contributed by atoms with E-state index in [0.717, 1.165) is 13.1 Å². The Hall–Kier alpha value is -2.40. The SMILES string of the molecule is COc1cc(N)c(Cl)cc1C(=O)N1CCN(c2cccc(C)c2C)CC1. The molecule has 2 aromatic rings. The number of anilines is 2. The van der Waals surface area contributed by atoms with Gasteiger partial charge in [-0.3, -0.25) is 4.79 Å². The third-order valence-corrected chi connectivity index (χ3v) is 5.36. The Morgan fingerprint density at radius 2 is 1.85 bits per heavy atom. The van der Waals surface area contributed by atoms with Crippen molar-refractivity contribution in [2.45, 2.75) is 13.8 Å². The lowest BCUT2D eigenvalue weighted by molar-refractivity contribution is 0.0743. The maximum absolute atomic E-state index is 12.9. The van der Waals surface area contributed by atoms with Gasteiger partial charge < -0.3 is 20.3 Å². The molecule has 1 fully saturated rings. The number of carbonyl (C=O) groups excluding carboxylic acids is 1. The molecule has 1 saturated heterocycles. The van der Waals surface area contributed by atoms with Gasteiger partial charge in [-0.15, -0.1) is 0 Å². The van der Waals surface area contributed by atoms with E-state index >= 15 is 0 Å². The molecule has 0 aliphatic carbocycles. The Balaban J connectivity index is 1.75. The molecule has 2 N–H and O–H groups in total. The van der Waals surface area contributed by atoms with Gasteiger partial charge in [0.2, 0.25) is 0 Å². The zero-order chi connectivity index (χ0) is 18.8. The fourth-order valence-corrected chi connectivity index (χ4v) is 3.47. The largest absolute Gasteiger partial charge is 0.496 e.